The van der Waals surface area contributed by atoms with Crippen LogP contribution in [0, 0.1) is 0 Å². The van der Waals surface area contributed by atoms with Gasteiger partial charge >= 0.3 is 0 Å². The van der Waals surface area contributed by atoms with Crippen LogP contribution in [-0.4, -0.2) is 33.2 Å². The van der Waals surface area contributed by atoms with Gasteiger partial charge in [-0.3, -0.25) is 0 Å². The lowest BCUT2D eigenvalue weighted by atomic mass is 10.2. The lowest BCUT2D eigenvalue weighted by Gasteiger charge is -2.06. The van der Waals surface area contributed by atoms with Crippen molar-refractivity contribution in [2.45, 2.75) is 19.4 Å². The molecule has 0 saturated heterocycles. The molecule has 18 heavy (non-hydrogen) atoms. The third-order valence-electron chi connectivity index (χ3n) is 2.39. The molecule has 1 aromatic rings. The first-order valence-electron chi connectivity index (χ1n) is 6.09. The standard InChI is InChI=1S/C14H20O4/c1-16-14-6-4-13(5-7-14)12-18-11-3-10-17-9-2-8-15/h4-8H,2-3,9-12H2,1H3. The lowest BCUT2D eigenvalue weighted by molar-refractivity contribution is -0.108. The molecule has 0 aliphatic heterocycles. The van der Waals surface area contributed by atoms with Gasteiger partial charge in [-0.05, 0) is 24.1 Å². The molecule has 4 heteroatoms. The molecule has 0 saturated carbocycles. The molecule has 0 radical (unpaired) electrons. The van der Waals surface area contributed by atoms with E-state index < -0.39 is 0 Å². The van der Waals surface area contributed by atoms with Crippen LogP contribution in [0.25, 0.3) is 0 Å². The summed E-state index contributed by atoms with van der Waals surface area (Å²) in [6.07, 6.45) is 2.17. The summed E-state index contributed by atoms with van der Waals surface area (Å²) in [5.74, 6) is 0.849. The number of aldehydes is 1. The monoisotopic (exact) mass is 252 g/mol. The predicted molar refractivity (Wildman–Crippen MR) is 68.8 cm³/mol. The van der Waals surface area contributed by atoms with E-state index in [1.807, 2.05) is 24.3 Å². The molecular formula is C14H20O4. The highest BCUT2D eigenvalue weighted by molar-refractivity contribution is 5.49. The molecule has 0 heterocycles. The van der Waals surface area contributed by atoms with E-state index in [9.17, 15) is 4.79 Å². The summed E-state index contributed by atoms with van der Waals surface area (Å²) in [6, 6.07) is 7.81. The number of benzene rings is 1. The van der Waals surface area contributed by atoms with Gasteiger partial charge in [0.1, 0.15) is 12.0 Å². The molecule has 0 aromatic heterocycles. The van der Waals surface area contributed by atoms with Gasteiger partial charge in [-0.25, -0.2) is 0 Å². The van der Waals surface area contributed by atoms with Gasteiger partial charge in [0, 0.05) is 19.6 Å². The van der Waals surface area contributed by atoms with Crippen molar-refractivity contribution in [1.82, 2.24) is 0 Å². The zero-order chi connectivity index (χ0) is 13.1. The fraction of sp³-hybridized carbons (Fsp3) is 0.500. The van der Waals surface area contributed by atoms with E-state index in [1.165, 1.54) is 0 Å². The Bertz CT molecular complexity index is 321. The SMILES string of the molecule is COc1ccc(COCCCOCCC=O)cc1. The molecule has 4 nitrogen and oxygen atoms in total. The Balaban J connectivity index is 2.01. The number of carbonyl (C=O) groups excluding carboxylic acids is 1. The average molecular weight is 252 g/mol. The summed E-state index contributed by atoms with van der Waals surface area (Å²) < 4.78 is 15.8. The molecular weight excluding hydrogens is 232 g/mol. The van der Waals surface area contributed by atoms with Gasteiger partial charge in [-0.2, -0.15) is 0 Å². The summed E-state index contributed by atoms with van der Waals surface area (Å²) in [6.45, 7) is 2.39. The first-order valence-corrected chi connectivity index (χ1v) is 6.09. The van der Waals surface area contributed by atoms with Gasteiger partial charge in [0.05, 0.1) is 20.3 Å². The fourth-order valence-corrected chi connectivity index (χ4v) is 1.41. The average Bonchev–Trinajstić information content (AvgIpc) is 2.42. The van der Waals surface area contributed by atoms with Crippen molar-refractivity contribution in [1.29, 1.82) is 0 Å². The van der Waals surface area contributed by atoms with Gasteiger partial charge in [0.15, 0.2) is 0 Å². The second kappa shape index (κ2) is 9.62. The van der Waals surface area contributed by atoms with Crippen molar-refractivity contribution in [2.24, 2.45) is 0 Å². The zero-order valence-electron chi connectivity index (χ0n) is 10.8. The molecule has 0 unspecified atom stereocenters. The van der Waals surface area contributed by atoms with Crippen molar-refractivity contribution in [3.05, 3.63) is 29.8 Å². The highest BCUT2D eigenvalue weighted by Crippen LogP contribution is 2.11. The number of hydrogen-bond acceptors (Lipinski definition) is 4. The highest BCUT2D eigenvalue weighted by Gasteiger charge is 1.95. The van der Waals surface area contributed by atoms with Crippen molar-refractivity contribution in [3.63, 3.8) is 0 Å². The second-order valence-corrected chi connectivity index (χ2v) is 3.82. The van der Waals surface area contributed by atoms with Crippen molar-refractivity contribution in [2.75, 3.05) is 26.9 Å². The molecule has 0 aliphatic rings. The van der Waals surface area contributed by atoms with E-state index >= 15 is 0 Å². The Morgan fingerprint density at radius 3 is 2.44 bits per heavy atom. The summed E-state index contributed by atoms with van der Waals surface area (Å²) in [7, 11) is 1.65. The molecule has 0 bridgehead atoms. The van der Waals surface area contributed by atoms with Crippen molar-refractivity contribution < 1.29 is 19.0 Å². The Hall–Kier alpha value is -1.39. The number of methoxy groups -OCH3 is 1. The predicted octanol–water partition coefficient (Wildman–Crippen LogP) is 2.21. The van der Waals surface area contributed by atoms with Crippen LogP contribution in [0.15, 0.2) is 24.3 Å². The number of hydrogen-bond donors (Lipinski definition) is 0. The summed E-state index contributed by atoms with van der Waals surface area (Å²) in [5.41, 5.74) is 1.12. The molecule has 100 valence electrons. The Morgan fingerprint density at radius 1 is 1.06 bits per heavy atom. The Morgan fingerprint density at radius 2 is 1.78 bits per heavy atom. The normalized spacial score (nSPS) is 10.3. The van der Waals surface area contributed by atoms with Crippen molar-refractivity contribution in [3.8, 4) is 5.75 Å². The minimum Gasteiger partial charge on any atom is -0.497 e. The molecule has 1 rings (SSSR count). The zero-order valence-corrected chi connectivity index (χ0v) is 10.8. The molecule has 0 N–H and O–H groups in total. The van der Waals surface area contributed by atoms with Gasteiger partial charge in [0.2, 0.25) is 0 Å². The Labute approximate surface area is 108 Å². The van der Waals surface area contributed by atoms with Gasteiger partial charge in [-0.1, -0.05) is 12.1 Å². The van der Waals surface area contributed by atoms with Crippen LogP contribution in [0.5, 0.6) is 5.75 Å². The Kier molecular flexibility index (Phi) is 7.84. The second-order valence-electron chi connectivity index (χ2n) is 3.82. The van der Waals surface area contributed by atoms with E-state index in [0.717, 1.165) is 24.0 Å². The first-order chi connectivity index (χ1) is 8.86. The van der Waals surface area contributed by atoms with Gasteiger partial charge in [0.25, 0.3) is 0 Å². The van der Waals surface area contributed by atoms with Crippen LogP contribution in [0.3, 0.4) is 0 Å². The third-order valence-corrected chi connectivity index (χ3v) is 2.39. The van der Waals surface area contributed by atoms with Crippen LogP contribution in [0.4, 0.5) is 0 Å². The largest absolute Gasteiger partial charge is 0.497 e. The number of rotatable bonds is 10. The van der Waals surface area contributed by atoms with Crippen molar-refractivity contribution >= 4 is 6.29 Å². The highest BCUT2D eigenvalue weighted by atomic mass is 16.5. The minimum absolute atomic E-state index is 0.465. The summed E-state index contributed by atoms with van der Waals surface area (Å²) >= 11 is 0. The van der Waals surface area contributed by atoms with E-state index in [1.54, 1.807) is 7.11 Å². The number of ether oxygens (including phenoxy) is 3. The van der Waals surface area contributed by atoms with E-state index in [0.29, 0.717) is 32.8 Å². The topological polar surface area (TPSA) is 44.8 Å². The van der Waals surface area contributed by atoms with Gasteiger partial charge < -0.3 is 19.0 Å². The molecule has 0 fully saturated rings. The van der Waals surface area contributed by atoms with Crippen LogP contribution < -0.4 is 4.74 Å². The van der Waals surface area contributed by atoms with Crippen LogP contribution in [0.1, 0.15) is 18.4 Å². The van der Waals surface area contributed by atoms with E-state index in [-0.39, 0.29) is 0 Å². The summed E-state index contributed by atoms with van der Waals surface area (Å²) in [5, 5.41) is 0. The quantitative estimate of drug-likeness (QED) is 0.473. The van der Waals surface area contributed by atoms with Gasteiger partial charge in [-0.15, -0.1) is 0 Å². The minimum atomic E-state index is 0.465. The summed E-state index contributed by atoms with van der Waals surface area (Å²) in [4.78, 5) is 10.0. The first kappa shape index (κ1) is 14.7. The van der Waals surface area contributed by atoms with E-state index in [2.05, 4.69) is 0 Å². The van der Waals surface area contributed by atoms with Crippen LogP contribution in [-0.2, 0) is 20.9 Å². The molecule has 1 aromatic carbocycles. The maximum absolute atomic E-state index is 10.0. The number of carbonyl (C=O) groups is 1. The maximum atomic E-state index is 10.0. The molecule has 0 aliphatic carbocycles. The molecule has 0 spiro atoms. The molecule has 0 amide bonds. The van der Waals surface area contributed by atoms with Crippen LogP contribution in [0.2, 0.25) is 0 Å². The molecule has 0 atom stereocenters. The fourth-order valence-electron chi connectivity index (χ4n) is 1.41. The lowest BCUT2D eigenvalue weighted by Crippen LogP contribution is -2.02. The van der Waals surface area contributed by atoms with Crippen LogP contribution >= 0.6 is 0 Å². The third kappa shape index (κ3) is 6.37. The smallest absolute Gasteiger partial charge is 0.122 e. The van der Waals surface area contributed by atoms with E-state index in [4.69, 9.17) is 14.2 Å². The maximum Gasteiger partial charge on any atom is 0.122 e.